The van der Waals surface area contributed by atoms with E-state index in [1.807, 2.05) is 12.2 Å². The molecule has 0 saturated carbocycles. The number of allylic oxidation sites excluding steroid dienone is 1. The molecule has 0 aromatic heterocycles. The fourth-order valence-corrected chi connectivity index (χ4v) is 2.33. The maximum Gasteiger partial charge on any atom is 0.236 e. The van der Waals surface area contributed by atoms with Gasteiger partial charge in [0.1, 0.15) is 0 Å². The van der Waals surface area contributed by atoms with Crippen molar-refractivity contribution in [2.45, 2.75) is 12.8 Å². The maximum atomic E-state index is 11.8. The van der Waals surface area contributed by atoms with Gasteiger partial charge >= 0.3 is 0 Å². The first-order valence-electron chi connectivity index (χ1n) is 4.83. The first-order chi connectivity index (χ1) is 6.75. The van der Waals surface area contributed by atoms with Crippen LogP contribution in [0.3, 0.4) is 0 Å². The molecule has 0 aromatic carbocycles. The lowest BCUT2D eigenvalue weighted by atomic mass is 9.86. The van der Waals surface area contributed by atoms with E-state index in [0.29, 0.717) is 12.4 Å². The molecule has 2 aliphatic rings. The van der Waals surface area contributed by atoms with Gasteiger partial charge in [0, 0.05) is 12.4 Å². The van der Waals surface area contributed by atoms with Crippen LogP contribution in [0.2, 0.25) is 0 Å². The second kappa shape index (κ2) is 3.73. The molecule has 1 aliphatic heterocycles. The predicted molar refractivity (Wildman–Crippen MR) is 52.8 cm³/mol. The summed E-state index contributed by atoms with van der Waals surface area (Å²) in [6.07, 6.45) is 5.54. The van der Waals surface area contributed by atoms with Crippen LogP contribution in [0.4, 0.5) is 0 Å². The number of amides is 2. The molecule has 2 atom stereocenters. The van der Waals surface area contributed by atoms with E-state index in [1.54, 1.807) is 0 Å². The van der Waals surface area contributed by atoms with Crippen molar-refractivity contribution in [1.82, 2.24) is 4.90 Å². The van der Waals surface area contributed by atoms with Crippen molar-refractivity contribution in [2.75, 3.05) is 12.4 Å². The SMILES string of the molecule is O=C1C2C=CCCC2C(=O)N1CCCl. The van der Waals surface area contributed by atoms with Crippen LogP contribution >= 0.6 is 11.6 Å². The molecule has 1 fully saturated rings. The second-order valence-corrected chi connectivity index (χ2v) is 4.03. The number of carbonyl (C=O) groups excluding carboxylic acids is 2. The van der Waals surface area contributed by atoms with Gasteiger partial charge in [-0.15, -0.1) is 11.6 Å². The van der Waals surface area contributed by atoms with E-state index in [-0.39, 0.29) is 23.7 Å². The molecule has 14 heavy (non-hydrogen) atoms. The van der Waals surface area contributed by atoms with Crippen molar-refractivity contribution < 1.29 is 9.59 Å². The van der Waals surface area contributed by atoms with Crippen molar-refractivity contribution in [2.24, 2.45) is 11.8 Å². The summed E-state index contributed by atoms with van der Waals surface area (Å²) in [5, 5.41) is 0. The summed E-state index contributed by atoms with van der Waals surface area (Å²) >= 11 is 5.55. The number of carbonyl (C=O) groups is 2. The van der Waals surface area contributed by atoms with E-state index in [1.165, 1.54) is 4.90 Å². The molecule has 4 heteroatoms. The second-order valence-electron chi connectivity index (χ2n) is 3.65. The van der Waals surface area contributed by atoms with Gasteiger partial charge in [0.2, 0.25) is 11.8 Å². The Hall–Kier alpha value is -0.830. The monoisotopic (exact) mass is 213 g/mol. The average molecular weight is 214 g/mol. The molecular formula is C10H12ClNO2. The van der Waals surface area contributed by atoms with Crippen molar-refractivity contribution in [1.29, 1.82) is 0 Å². The van der Waals surface area contributed by atoms with Gasteiger partial charge in [-0.3, -0.25) is 14.5 Å². The third-order valence-electron chi connectivity index (χ3n) is 2.86. The predicted octanol–water partition coefficient (Wildman–Crippen LogP) is 1.18. The molecule has 1 heterocycles. The Balaban J connectivity index is 2.22. The third-order valence-corrected chi connectivity index (χ3v) is 3.03. The van der Waals surface area contributed by atoms with Crippen LogP contribution in [0.15, 0.2) is 12.2 Å². The molecule has 1 saturated heterocycles. The van der Waals surface area contributed by atoms with Crippen molar-refractivity contribution in [3.63, 3.8) is 0 Å². The number of nitrogens with zero attached hydrogens (tertiary/aromatic N) is 1. The van der Waals surface area contributed by atoms with Crippen LogP contribution in [-0.2, 0) is 9.59 Å². The summed E-state index contributed by atoms with van der Waals surface area (Å²) in [5.74, 6) is -0.113. The highest BCUT2D eigenvalue weighted by Gasteiger charge is 2.46. The fourth-order valence-electron chi connectivity index (χ4n) is 2.16. The van der Waals surface area contributed by atoms with Crippen LogP contribution in [0.1, 0.15) is 12.8 Å². The van der Waals surface area contributed by atoms with Crippen molar-refractivity contribution in [3.8, 4) is 0 Å². The van der Waals surface area contributed by atoms with Gasteiger partial charge in [0.15, 0.2) is 0 Å². The minimum absolute atomic E-state index is 0.0370. The number of fused-ring (bicyclic) bond motifs is 1. The molecule has 76 valence electrons. The number of halogens is 1. The van der Waals surface area contributed by atoms with Gasteiger partial charge in [0.25, 0.3) is 0 Å². The van der Waals surface area contributed by atoms with Gasteiger partial charge < -0.3 is 0 Å². The molecule has 0 spiro atoms. The van der Waals surface area contributed by atoms with E-state index in [9.17, 15) is 9.59 Å². The molecule has 2 rings (SSSR count). The summed E-state index contributed by atoms with van der Waals surface area (Å²) in [6, 6.07) is 0. The Kier molecular flexibility index (Phi) is 2.59. The number of rotatable bonds is 2. The zero-order chi connectivity index (χ0) is 10.1. The average Bonchev–Trinajstić information content (AvgIpc) is 2.45. The van der Waals surface area contributed by atoms with Crippen LogP contribution in [0, 0.1) is 11.8 Å². The standard InChI is InChI=1S/C10H12ClNO2/c11-5-6-12-9(13)7-3-1-2-4-8(7)10(12)14/h1,3,7-8H,2,4-6H2. The molecule has 1 aliphatic carbocycles. The molecule has 2 amide bonds. The normalized spacial score (nSPS) is 31.1. The first kappa shape index (κ1) is 9.71. The summed E-state index contributed by atoms with van der Waals surface area (Å²) in [4.78, 5) is 24.8. The van der Waals surface area contributed by atoms with E-state index in [2.05, 4.69) is 0 Å². The third kappa shape index (κ3) is 1.36. The van der Waals surface area contributed by atoms with Crippen LogP contribution in [-0.4, -0.2) is 29.1 Å². The van der Waals surface area contributed by atoms with Gasteiger partial charge in [-0.05, 0) is 12.8 Å². The summed E-state index contributed by atoms with van der Waals surface area (Å²) < 4.78 is 0. The Morgan fingerprint density at radius 3 is 2.86 bits per heavy atom. The number of alkyl halides is 1. The molecule has 2 unspecified atom stereocenters. The molecule has 0 N–H and O–H groups in total. The minimum Gasteiger partial charge on any atom is -0.281 e. The van der Waals surface area contributed by atoms with Gasteiger partial charge in [-0.25, -0.2) is 0 Å². The smallest absolute Gasteiger partial charge is 0.236 e. The summed E-state index contributed by atoms with van der Waals surface area (Å²) in [6.45, 7) is 0.347. The minimum atomic E-state index is -0.209. The Labute approximate surface area is 87.7 Å². The largest absolute Gasteiger partial charge is 0.281 e. The zero-order valence-electron chi connectivity index (χ0n) is 7.78. The quantitative estimate of drug-likeness (QED) is 0.393. The highest BCUT2D eigenvalue weighted by molar-refractivity contribution is 6.18. The highest BCUT2D eigenvalue weighted by Crippen LogP contribution is 2.33. The maximum absolute atomic E-state index is 11.8. The number of hydrogen-bond acceptors (Lipinski definition) is 2. The van der Waals surface area contributed by atoms with Crippen LogP contribution in [0.5, 0.6) is 0 Å². The zero-order valence-corrected chi connectivity index (χ0v) is 8.54. The molecule has 0 bridgehead atoms. The lowest BCUT2D eigenvalue weighted by molar-refractivity contribution is -0.139. The van der Waals surface area contributed by atoms with E-state index >= 15 is 0 Å². The highest BCUT2D eigenvalue weighted by atomic mass is 35.5. The van der Waals surface area contributed by atoms with E-state index < -0.39 is 0 Å². The Bertz CT molecular complexity index is 300. The van der Waals surface area contributed by atoms with E-state index in [4.69, 9.17) is 11.6 Å². The summed E-state index contributed by atoms with van der Waals surface area (Å²) in [7, 11) is 0. The Morgan fingerprint density at radius 2 is 2.21 bits per heavy atom. The molecule has 0 radical (unpaired) electrons. The fraction of sp³-hybridized carbons (Fsp3) is 0.600. The molecule has 3 nitrogen and oxygen atoms in total. The summed E-state index contributed by atoms with van der Waals surface area (Å²) in [5.41, 5.74) is 0. The van der Waals surface area contributed by atoms with Crippen LogP contribution in [0.25, 0.3) is 0 Å². The van der Waals surface area contributed by atoms with E-state index in [0.717, 1.165) is 12.8 Å². The molecule has 0 aromatic rings. The molecular weight excluding hydrogens is 202 g/mol. The Morgan fingerprint density at radius 1 is 1.43 bits per heavy atom. The number of imide groups is 1. The van der Waals surface area contributed by atoms with Gasteiger partial charge in [-0.1, -0.05) is 12.2 Å². The van der Waals surface area contributed by atoms with Gasteiger partial charge in [-0.2, -0.15) is 0 Å². The first-order valence-corrected chi connectivity index (χ1v) is 5.37. The van der Waals surface area contributed by atoms with Crippen molar-refractivity contribution >= 4 is 23.4 Å². The lowest BCUT2D eigenvalue weighted by Crippen LogP contribution is -2.32. The lowest BCUT2D eigenvalue weighted by Gasteiger charge is -2.14. The number of likely N-dealkylation sites (tertiary alicyclic amines) is 1. The van der Waals surface area contributed by atoms with Gasteiger partial charge in [0.05, 0.1) is 11.8 Å². The van der Waals surface area contributed by atoms with Crippen molar-refractivity contribution in [3.05, 3.63) is 12.2 Å². The van der Waals surface area contributed by atoms with Crippen LogP contribution < -0.4 is 0 Å². The topological polar surface area (TPSA) is 37.4 Å². The number of hydrogen-bond donors (Lipinski definition) is 0.